The Morgan fingerprint density at radius 1 is 1.00 bits per heavy atom. The lowest BCUT2D eigenvalue weighted by Gasteiger charge is -2.11. The second-order valence-electron chi connectivity index (χ2n) is 7.33. The molecule has 0 aliphatic heterocycles. The summed E-state index contributed by atoms with van der Waals surface area (Å²) in [6.45, 7) is 4.22. The van der Waals surface area contributed by atoms with Gasteiger partial charge in [0.2, 0.25) is 0 Å². The molecule has 1 aliphatic rings. The van der Waals surface area contributed by atoms with E-state index < -0.39 is 23.8 Å². The van der Waals surface area contributed by atoms with Gasteiger partial charge >= 0.3 is 0 Å². The zero-order valence-corrected chi connectivity index (χ0v) is 16.8. The molecule has 0 saturated heterocycles. The Morgan fingerprint density at radius 2 is 1.59 bits per heavy atom. The van der Waals surface area contributed by atoms with E-state index in [1.54, 1.807) is 0 Å². The summed E-state index contributed by atoms with van der Waals surface area (Å²) < 4.78 is 27.6. The van der Waals surface area contributed by atoms with Crippen LogP contribution in [0.2, 0.25) is 0 Å². The largest absolute Gasteiger partial charge is 0.372 e. The van der Waals surface area contributed by atoms with Crippen LogP contribution in [0.25, 0.3) is 0 Å². The van der Waals surface area contributed by atoms with E-state index in [1.165, 1.54) is 12.2 Å². The number of halogens is 2. The number of allylic oxidation sites excluding steroid dienone is 2. The van der Waals surface area contributed by atoms with Gasteiger partial charge in [-0.2, -0.15) is 0 Å². The molecule has 0 aromatic carbocycles. The molecule has 6 heteroatoms. The number of unbranched alkanes of at least 4 members (excludes halogenated alkanes) is 8. The number of carbonyl (C=O) groups is 1. The van der Waals surface area contributed by atoms with Gasteiger partial charge in [-0.1, -0.05) is 52.4 Å². The van der Waals surface area contributed by atoms with E-state index in [1.807, 2.05) is 0 Å². The van der Waals surface area contributed by atoms with Gasteiger partial charge in [0.25, 0.3) is 5.91 Å². The van der Waals surface area contributed by atoms with Crippen LogP contribution in [0, 0.1) is 0 Å². The first kappa shape index (κ1) is 23.8. The minimum Gasteiger partial charge on any atom is -0.372 e. The smallest absolute Gasteiger partial charge is 0.279 e. The first-order valence-corrected chi connectivity index (χ1v) is 10.5. The SMILES string of the molecule is CCCCCCC=C(F)C(=O)NC1CC1NC(O)C(F)=CCCCCCC. The quantitative estimate of drug-likeness (QED) is 0.215. The number of aliphatic hydroxyl groups excluding tert-OH is 1. The van der Waals surface area contributed by atoms with Crippen molar-refractivity contribution in [2.24, 2.45) is 0 Å². The summed E-state index contributed by atoms with van der Waals surface area (Å²) >= 11 is 0. The maximum atomic E-state index is 13.8. The molecule has 3 atom stereocenters. The molecule has 0 bridgehead atoms. The number of amides is 1. The monoisotopic (exact) mass is 386 g/mol. The van der Waals surface area contributed by atoms with Crippen LogP contribution in [0.1, 0.15) is 84.5 Å². The van der Waals surface area contributed by atoms with Crippen LogP contribution in [0.5, 0.6) is 0 Å². The molecule has 27 heavy (non-hydrogen) atoms. The first-order chi connectivity index (χ1) is 13.0. The Kier molecular flexibility index (Phi) is 12.2. The predicted octanol–water partition coefficient (Wildman–Crippen LogP) is 4.80. The van der Waals surface area contributed by atoms with Crippen LogP contribution in [-0.4, -0.2) is 29.3 Å². The minimum atomic E-state index is -1.37. The normalized spacial score (nSPS) is 21.2. The number of hydrogen-bond donors (Lipinski definition) is 3. The van der Waals surface area contributed by atoms with E-state index in [-0.39, 0.29) is 12.1 Å². The number of rotatable bonds is 15. The van der Waals surface area contributed by atoms with Crippen molar-refractivity contribution >= 4 is 5.91 Å². The lowest BCUT2D eigenvalue weighted by atomic mass is 10.1. The average molecular weight is 387 g/mol. The van der Waals surface area contributed by atoms with Crippen LogP contribution in [-0.2, 0) is 4.79 Å². The maximum absolute atomic E-state index is 13.8. The Balaban J connectivity index is 2.23. The summed E-state index contributed by atoms with van der Waals surface area (Å²) in [6, 6.07) is -0.510. The van der Waals surface area contributed by atoms with Crippen molar-refractivity contribution in [3.05, 3.63) is 23.8 Å². The third kappa shape index (κ3) is 10.6. The molecule has 1 saturated carbocycles. The van der Waals surface area contributed by atoms with Crippen molar-refractivity contribution in [3.8, 4) is 0 Å². The predicted molar refractivity (Wildman–Crippen MR) is 105 cm³/mol. The van der Waals surface area contributed by atoms with E-state index in [9.17, 15) is 18.7 Å². The van der Waals surface area contributed by atoms with Crippen LogP contribution >= 0.6 is 0 Å². The van der Waals surface area contributed by atoms with Crippen LogP contribution in [0.3, 0.4) is 0 Å². The molecule has 0 aromatic heterocycles. The molecule has 156 valence electrons. The van der Waals surface area contributed by atoms with Gasteiger partial charge in [0, 0.05) is 12.1 Å². The molecular formula is C21H36F2N2O2. The molecule has 0 spiro atoms. The fourth-order valence-electron chi connectivity index (χ4n) is 2.87. The first-order valence-electron chi connectivity index (χ1n) is 10.5. The summed E-state index contributed by atoms with van der Waals surface area (Å²) in [5.41, 5.74) is 0. The van der Waals surface area contributed by atoms with Crippen LogP contribution in [0.4, 0.5) is 8.78 Å². The number of nitrogens with one attached hydrogen (secondary N) is 2. The lowest BCUT2D eigenvalue weighted by molar-refractivity contribution is -0.119. The lowest BCUT2D eigenvalue weighted by Crippen LogP contribution is -2.37. The summed E-state index contributed by atoms with van der Waals surface area (Å²) in [4.78, 5) is 11.8. The summed E-state index contributed by atoms with van der Waals surface area (Å²) in [6.07, 6.45) is 11.4. The fraction of sp³-hybridized carbons (Fsp3) is 0.762. The van der Waals surface area contributed by atoms with E-state index in [4.69, 9.17) is 0 Å². The second kappa shape index (κ2) is 13.8. The zero-order valence-electron chi connectivity index (χ0n) is 16.8. The van der Waals surface area contributed by atoms with E-state index in [0.717, 1.165) is 51.4 Å². The van der Waals surface area contributed by atoms with Gasteiger partial charge in [0.15, 0.2) is 12.1 Å². The van der Waals surface area contributed by atoms with Crippen molar-refractivity contribution in [2.45, 2.75) is 103 Å². The molecule has 3 N–H and O–H groups in total. The second-order valence-corrected chi connectivity index (χ2v) is 7.33. The summed E-state index contributed by atoms with van der Waals surface area (Å²) in [7, 11) is 0. The zero-order chi connectivity index (χ0) is 20.1. The van der Waals surface area contributed by atoms with Crippen molar-refractivity contribution in [1.82, 2.24) is 10.6 Å². The van der Waals surface area contributed by atoms with E-state index >= 15 is 0 Å². The van der Waals surface area contributed by atoms with Gasteiger partial charge in [0.05, 0.1) is 0 Å². The van der Waals surface area contributed by atoms with Crippen LogP contribution in [0.15, 0.2) is 23.8 Å². The third-order valence-electron chi connectivity index (χ3n) is 4.74. The molecule has 1 fully saturated rings. The Hall–Kier alpha value is -1.27. The highest BCUT2D eigenvalue weighted by Gasteiger charge is 2.40. The standard InChI is InChI=1S/C21H36F2N2O2/c1-3-5-7-9-11-13-16(22)20(26)24-18-15-19(18)25-21(27)17(23)14-12-10-8-6-4-2/h13-14,18-20,24,26H,3-12,15H2,1-2H3,(H,25,27). The number of aliphatic hydroxyl groups is 1. The highest BCUT2D eigenvalue weighted by Crippen LogP contribution is 2.23. The van der Waals surface area contributed by atoms with Crippen molar-refractivity contribution in [2.75, 3.05) is 0 Å². The molecule has 4 nitrogen and oxygen atoms in total. The van der Waals surface area contributed by atoms with Crippen molar-refractivity contribution in [3.63, 3.8) is 0 Å². The highest BCUT2D eigenvalue weighted by molar-refractivity contribution is 5.91. The van der Waals surface area contributed by atoms with E-state index in [0.29, 0.717) is 19.3 Å². The molecule has 1 rings (SSSR count). The van der Waals surface area contributed by atoms with Crippen LogP contribution < -0.4 is 10.6 Å². The van der Waals surface area contributed by atoms with Crippen molar-refractivity contribution < 1.29 is 18.7 Å². The van der Waals surface area contributed by atoms with Crippen molar-refractivity contribution in [1.29, 1.82) is 0 Å². The van der Waals surface area contributed by atoms with Gasteiger partial charge in [-0.25, -0.2) is 8.78 Å². The molecule has 1 amide bonds. The Labute approximate surface area is 162 Å². The molecule has 0 aromatic rings. The Bertz CT molecular complexity index is 495. The molecule has 1 aliphatic carbocycles. The van der Waals surface area contributed by atoms with Gasteiger partial charge < -0.3 is 10.4 Å². The molecule has 3 unspecified atom stereocenters. The molecule has 0 heterocycles. The topological polar surface area (TPSA) is 61.4 Å². The fourth-order valence-corrected chi connectivity index (χ4v) is 2.87. The van der Waals surface area contributed by atoms with Gasteiger partial charge in [-0.05, 0) is 44.3 Å². The minimum absolute atomic E-state index is 0.236. The average Bonchev–Trinajstić information content (AvgIpc) is 3.37. The van der Waals surface area contributed by atoms with Gasteiger partial charge in [0.1, 0.15) is 5.83 Å². The number of hydrogen-bond acceptors (Lipinski definition) is 3. The van der Waals surface area contributed by atoms with Gasteiger partial charge in [-0.3, -0.25) is 10.1 Å². The summed E-state index contributed by atoms with van der Waals surface area (Å²) in [5, 5.41) is 15.1. The van der Waals surface area contributed by atoms with Gasteiger partial charge in [-0.15, -0.1) is 0 Å². The third-order valence-corrected chi connectivity index (χ3v) is 4.74. The molecular weight excluding hydrogens is 350 g/mol. The maximum Gasteiger partial charge on any atom is 0.279 e. The summed E-state index contributed by atoms with van der Waals surface area (Å²) in [5.74, 6) is -2.10. The molecule has 0 radical (unpaired) electrons. The van der Waals surface area contributed by atoms with E-state index in [2.05, 4.69) is 24.5 Å². The number of carbonyl (C=O) groups excluding carboxylic acids is 1. The highest BCUT2D eigenvalue weighted by atomic mass is 19.1. The Morgan fingerprint density at radius 3 is 2.19 bits per heavy atom.